The van der Waals surface area contributed by atoms with Crippen molar-refractivity contribution in [2.75, 3.05) is 24.3 Å². The quantitative estimate of drug-likeness (QED) is 0.854. The minimum Gasteiger partial charge on any atom is -0.392 e. The van der Waals surface area contributed by atoms with Gasteiger partial charge in [0.2, 0.25) is 5.95 Å². The minimum absolute atomic E-state index is 0.0616. The summed E-state index contributed by atoms with van der Waals surface area (Å²) >= 11 is 0. The molecule has 5 heteroatoms. The van der Waals surface area contributed by atoms with E-state index >= 15 is 0 Å². The van der Waals surface area contributed by atoms with Crippen molar-refractivity contribution in [2.24, 2.45) is 0 Å². The number of hydrogen-bond donors (Lipinski definition) is 2. The van der Waals surface area contributed by atoms with Gasteiger partial charge in [-0.25, -0.2) is 4.98 Å². The fraction of sp³-hybridized carbons (Fsp3) is 0.286. The Labute approximate surface area is 112 Å². The number of rotatable bonds is 5. The van der Waals surface area contributed by atoms with Crippen molar-refractivity contribution in [2.45, 2.75) is 13.2 Å². The Bertz CT molecular complexity index is 542. The third-order valence-corrected chi connectivity index (χ3v) is 2.69. The van der Waals surface area contributed by atoms with E-state index in [1.54, 1.807) is 6.20 Å². The zero-order valence-corrected chi connectivity index (χ0v) is 11.2. The van der Waals surface area contributed by atoms with Crippen LogP contribution in [0, 0.1) is 0 Å². The lowest BCUT2D eigenvalue weighted by Crippen LogP contribution is -2.13. The summed E-state index contributed by atoms with van der Waals surface area (Å²) in [6, 6.07) is 9.66. The first-order chi connectivity index (χ1) is 9.19. The second-order valence-corrected chi connectivity index (χ2v) is 4.47. The van der Waals surface area contributed by atoms with Crippen LogP contribution in [-0.4, -0.2) is 29.2 Å². The molecule has 0 fully saturated rings. The van der Waals surface area contributed by atoms with Gasteiger partial charge in [-0.3, -0.25) is 0 Å². The Morgan fingerprint density at radius 2 is 2.00 bits per heavy atom. The predicted molar refractivity (Wildman–Crippen MR) is 76.1 cm³/mol. The lowest BCUT2D eigenvalue weighted by molar-refractivity contribution is 0.281. The lowest BCUT2D eigenvalue weighted by Gasteiger charge is -2.12. The van der Waals surface area contributed by atoms with E-state index in [2.05, 4.69) is 15.3 Å². The van der Waals surface area contributed by atoms with E-state index in [1.807, 2.05) is 49.3 Å². The van der Waals surface area contributed by atoms with E-state index in [0.29, 0.717) is 12.5 Å². The molecule has 0 radical (unpaired) electrons. The summed E-state index contributed by atoms with van der Waals surface area (Å²) < 4.78 is 0. The highest BCUT2D eigenvalue weighted by molar-refractivity contribution is 5.41. The summed E-state index contributed by atoms with van der Waals surface area (Å²) in [4.78, 5) is 10.4. The Kier molecular flexibility index (Phi) is 4.30. The van der Waals surface area contributed by atoms with Crippen LogP contribution in [0.4, 0.5) is 11.8 Å². The molecule has 2 N–H and O–H groups in total. The highest BCUT2D eigenvalue weighted by atomic mass is 16.3. The zero-order chi connectivity index (χ0) is 13.7. The first kappa shape index (κ1) is 13.3. The number of benzene rings is 1. The SMILES string of the molecule is CN(C)c1nccc(NCc2cccc(CO)c2)n1. The van der Waals surface area contributed by atoms with Gasteiger partial charge in [0.25, 0.3) is 0 Å². The molecule has 0 bridgehead atoms. The summed E-state index contributed by atoms with van der Waals surface area (Å²) in [6.45, 7) is 0.726. The molecule has 0 unspecified atom stereocenters. The molecule has 0 aliphatic carbocycles. The molecule has 0 atom stereocenters. The first-order valence-corrected chi connectivity index (χ1v) is 6.12. The number of hydrogen-bond acceptors (Lipinski definition) is 5. The molecule has 100 valence electrons. The van der Waals surface area contributed by atoms with Crippen molar-refractivity contribution in [3.05, 3.63) is 47.7 Å². The Morgan fingerprint density at radius 1 is 1.21 bits per heavy atom. The van der Waals surface area contributed by atoms with Gasteiger partial charge in [-0.2, -0.15) is 4.98 Å². The highest BCUT2D eigenvalue weighted by Crippen LogP contribution is 2.11. The van der Waals surface area contributed by atoms with Gasteiger partial charge in [0, 0.05) is 26.8 Å². The molecule has 2 rings (SSSR count). The maximum atomic E-state index is 9.10. The van der Waals surface area contributed by atoms with Crippen molar-refractivity contribution in [1.29, 1.82) is 0 Å². The molecule has 0 saturated heterocycles. The van der Waals surface area contributed by atoms with Gasteiger partial charge in [-0.15, -0.1) is 0 Å². The lowest BCUT2D eigenvalue weighted by atomic mass is 10.1. The van der Waals surface area contributed by atoms with Crippen LogP contribution in [0.5, 0.6) is 0 Å². The summed E-state index contributed by atoms with van der Waals surface area (Å²) in [6.07, 6.45) is 1.73. The molecule has 5 nitrogen and oxygen atoms in total. The van der Waals surface area contributed by atoms with E-state index in [9.17, 15) is 0 Å². The predicted octanol–water partition coefficient (Wildman–Crippen LogP) is 1.65. The highest BCUT2D eigenvalue weighted by Gasteiger charge is 2.01. The standard InChI is InChI=1S/C14H18N4O/c1-18(2)14-15-7-6-13(17-14)16-9-11-4-3-5-12(8-11)10-19/h3-8,19H,9-10H2,1-2H3,(H,15,16,17). The van der Waals surface area contributed by atoms with Crippen LogP contribution < -0.4 is 10.2 Å². The van der Waals surface area contributed by atoms with Gasteiger partial charge in [-0.1, -0.05) is 24.3 Å². The van der Waals surface area contributed by atoms with Gasteiger partial charge in [0.05, 0.1) is 6.61 Å². The second-order valence-electron chi connectivity index (χ2n) is 4.47. The third-order valence-electron chi connectivity index (χ3n) is 2.69. The fourth-order valence-corrected chi connectivity index (χ4v) is 1.69. The van der Waals surface area contributed by atoms with Crippen LogP contribution >= 0.6 is 0 Å². The Morgan fingerprint density at radius 3 is 2.74 bits per heavy atom. The van der Waals surface area contributed by atoms with E-state index in [-0.39, 0.29) is 6.61 Å². The average Bonchev–Trinajstić information content (AvgIpc) is 2.45. The van der Waals surface area contributed by atoms with Gasteiger partial charge >= 0.3 is 0 Å². The number of aromatic nitrogens is 2. The molecule has 0 spiro atoms. The molecule has 0 aliphatic rings. The van der Waals surface area contributed by atoms with Crippen LogP contribution in [0.3, 0.4) is 0 Å². The van der Waals surface area contributed by atoms with Crippen molar-refractivity contribution >= 4 is 11.8 Å². The normalized spacial score (nSPS) is 10.3. The first-order valence-electron chi connectivity index (χ1n) is 6.12. The average molecular weight is 258 g/mol. The van der Waals surface area contributed by atoms with E-state index in [1.165, 1.54) is 0 Å². The van der Waals surface area contributed by atoms with Gasteiger partial charge < -0.3 is 15.3 Å². The molecule has 1 aromatic heterocycles. The second kappa shape index (κ2) is 6.15. The fourth-order valence-electron chi connectivity index (χ4n) is 1.69. The minimum atomic E-state index is 0.0616. The molecular weight excluding hydrogens is 240 g/mol. The van der Waals surface area contributed by atoms with E-state index in [0.717, 1.165) is 16.9 Å². The van der Waals surface area contributed by atoms with Crippen LogP contribution in [0.1, 0.15) is 11.1 Å². The number of anilines is 2. The van der Waals surface area contributed by atoms with Crippen molar-refractivity contribution < 1.29 is 5.11 Å². The maximum absolute atomic E-state index is 9.10. The largest absolute Gasteiger partial charge is 0.392 e. The van der Waals surface area contributed by atoms with Gasteiger partial charge in [0.15, 0.2) is 0 Å². The maximum Gasteiger partial charge on any atom is 0.226 e. The molecule has 19 heavy (non-hydrogen) atoms. The van der Waals surface area contributed by atoms with Gasteiger partial charge in [-0.05, 0) is 17.2 Å². The smallest absolute Gasteiger partial charge is 0.226 e. The monoisotopic (exact) mass is 258 g/mol. The number of aliphatic hydroxyl groups is 1. The van der Waals surface area contributed by atoms with Crippen molar-refractivity contribution in [3.63, 3.8) is 0 Å². The topological polar surface area (TPSA) is 61.3 Å². The van der Waals surface area contributed by atoms with Gasteiger partial charge in [0.1, 0.15) is 5.82 Å². The Hall–Kier alpha value is -2.14. The molecular formula is C14H18N4O. The molecule has 2 aromatic rings. The molecule has 0 saturated carbocycles. The molecule has 0 amide bonds. The molecule has 1 aromatic carbocycles. The molecule has 0 aliphatic heterocycles. The summed E-state index contributed by atoms with van der Waals surface area (Å²) in [5.74, 6) is 1.46. The van der Waals surface area contributed by atoms with Crippen LogP contribution in [-0.2, 0) is 13.2 Å². The van der Waals surface area contributed by atoms with Crippen LogP contribution in [0.15, 0.2) is 36.5 Å². The van der Waals surface area contributed by atoms with Crippen LogP contribution in [0.2, 0.25) is 0 Å². The van der Waals surface area contributed by atoms with Crippen molar-refractivity contribution in [1.82, 2.24) is 9.97 Å². The Balaban J connectivity index is 2.03. The molecule has 1 heterocycles. The summed E-state index contributed by atoms with van der Waals surface area (Å²) in [5, 5.41) is 12.3. The number of nitrogens with zero attached hydrogens (tertiary/aromatic N) is 3. The van der Waals surface area contributed by atoms with Crippen molar-refractivity contribution in [3.8, 4) is 0 Å². The zero-order valence-electron chi connectivity index (χ0n) is 11.2. The van der Waals surface area contributed by atoms with E-state index < -0.39 is 0 Å². The third kappa shape index (κ3) is 3.66. The van der Waals surface area contributed by atoms with Crippen LogP contribution in [0.25, 0.3) is 0 Å². The van der Waals surface area contributed by atoms with E-state index in [4.69, 9.17) is 5.11 Å². The summed E-state index contributed by atoms with van der Waals surface area (Å²) in [7, 11) is 3.81. The number of aliphatic hydroxyl groups excluding tert-OH is 1. The summed E-state index contributed by atoms with van der Waals surface area (Å²) in [5.41, 5.74) is 2.02. The number of nitrogens with one attached hydrogen (secondary N) is 1.